The molecule has 1 fully saturated rings. The molecule has 29 heavy (non-hydrogen) atoms. The van der Waals surface area contributed by atoms with Crippen molar-refractivity contribution in [2.75, 3.05) is 25.0 Å². The van der Waals surface area contributed by atoms with E-state index in [2.05, 4.69) is 19.2 Å². The first kappa shape index (κ1) is 22.9. The Morgan fingerprint density at radius 3 is 2.17 bits per heavy atom. The van der Waals surface area contributed by atoms with E-state index in [0.717, 1.165) is 38.8 Å². The average Bonchev–Trinajstić information content (AvgIpc) is 3.10. The van der Waals surface area contributed by atoms with Crippen LogP contribution in [0, 0.1) is 5.92 Å². The molecule has 0 radical (unpaired) electrons. The first-order chi connectivity index (χ1) is 13.9. The summed E-state index contributed by atoms with van der Waals surface area (Å²) in [6.07, 6.45) is 4.36. The van der Waals surface area contributed by atoms with Crippen LogP contribution in [0.25, 0.3) is 0 Å². The maximum Gasteiger partial charge on any atom is 0.253 e. The predicted octanol–water partition coefficient (Wildman–Crippen LogP) is 3.92. The summed E-state index contributed by atoms with van der Waals surface area (Å²) in [6, 6.07) is 7.17. The SMILES string of the molecule is CCCCN(CCCC)C(=O)c1ccc(NC(=O)C2CC(=O)N(C(C)C)C2)cc1. The molecular formula is C23H35N3O3. The van der Waals surface area contributed by atoms with E-state index in [1.807, 2.05) is 18.7 Å². The van der Waals surface area contributed by atoms with Gasteiger partial charge in [-0.15, -0.1) is 0 Å². The second-order valence-electron chi connectivity index (χ2n) is 8.11. The zero-order chi connectivity index (χ0) is 21.4. The molecule has 1 N–H and O–H groups in total. The summed E-state index contributed by atoms with van der Waals surface area (Å²) >= 11 is 0. The lowest BCUT2D eigenvalue weighted by Gasteiger charge is -2.22. The first-order valence-electron chi connectivity index (χ1n) is 10.9. The molecule has 1 aliphatic rings. The number of hydrogen-bond donors (Lipinski definition) is 1. The number of rotatable bonds is 10. The van der Waals surface area contributed by atoms with Crippen LogP contribution in [-0.4, -0.2) is 53.2 Å². The van der Waals surface area contributed by atoms with Gasteiger partial charge >= 0.3 is 0 Å². The highest BCUT2D eigenvalue weighted by atomic mass is 16.2. The third-order valence-electron chi connectivity index (χ3n) is 5.40. The van der Waals surface area contributed by atoms with Crippen LogP contribution in [0.2, 0.25) is 0 Å². The molecule has 0 spiro atoms. The Hall–Kier alpha value is -2.37. The van der Waals surface area contributed by atoms with Crippen molar-refractivity contribution < 1.29 is 14.4 Å². The maximum absolute atomic E-state index is 12.8. The summed E-state index contributed by atoms with van der Waals surface area (Å²) < 4.78 is 0. The number of benzene rings is 1. The summed E-state index contributed by atoms with van der Waals surface area (Å²) in [5.74, 6) is -0.406. The molecule has 3 amide bonds. The largest absolute Gasteiger partial charge is 0.339 e. The molecule has 1 aliphatic heterocycles. The summed E-state index contributed by atoms with van der Waals surface area (Å²) in [5.41, 5.74) is 1.29. The molecule has 0 aliphatic carbocycles. The minimum Gasteiger partial charge on any atom is -0.339 e. The van der Waals surface area contributed by atoms with Gasteiger partial charge in [-0.05, 0) is 51.0 Å². The number of hydrogen-bond acceptors (Lipinski definition) is 3. The zero-order valence-electron chi connectivity index (χ0n) is 18.2. The standard InChI is InChI=1S/C23H35N3O3/c1-5-7-13-25(14-8-6-2)23(29)18-9-11-20(12-10-18)24-22(28)19-15-21(27)26(16-19)17(3)4/h9-12,17,19H,5-8,13-16H2,1-4H3,(H,24,28). The number of likely N-dealkylation sites (tertiary alicyclic amines) is 1. The van der Waals surface area contributed by atoms with Crippen molar-refractivity contribution in [3.63, 3.8) is 0 Å². The molecule has 2 rings (SSSR count). The van der Waals surface area contributed by atoms with Crippen LogP contribution in [0.15, 0.2) is 24.3 Å². The minimum absolute atomic E-state index is 0.0281. The molecule has 160 valence electrons. The van der Waals surface area contributed by atoms with Crippen molar-refractivity contribution >= 4 is 23.4 Å². The van der Waals surface area contributed by atoms with Gasteiger partial charge in [0.1, 0.15) is 0 Å². The Morgan fingerprint density at radius 2 is 1.69 bits per heavy atom. The Bertz CT molecular complexity index is 692. The molecule has 1 unspecified atom stereocenters. The number of amides is 3. The van der Waals surface area contributed by atoms with Crippen LogP contribution in [0.4, 0.5) is 5.69 Å². The van der Waals surface area contributed by atoms with Gasteiger partial charge in [0, 0.05) is 43.3 Å². The lowest BCUT2D eigenvalue weighted by Crippen LogP contribution is -2.33. The van der Waals surface area contributed by atoms with Crippen LogP contribution >= 0.6 is 0 Å². The molecule has 1 saturated heterocycles. The Balaban J connectivity index is 1.97. The molecular weight excluding hydrogens is 366 g/mol. The van der Waals surface area contributed by atoms with E-state index >= 15 is 0 Å². The van der Waals surface area contributed by atoms with Gasteiger partial charge in [-0.2, -0.15) is 0 Å². The van der Waals surface area contributed by atoms with E-state index < -0.39 is 0 Å². The molecule has 6 nitrogen and oxygen atoms in total. The predicted molar refractivity (Wildman–Crippen MR) is 116 cm³/mol. The fourth-order valence-corrected chi connectivity index (χ4v) is 3.54. The van der Waals surface area contributed by atoms with E-state index in [0.29, 0.717) is 17.8 Å². The normalized spacial score (nSPS) is 16.4. The summed E-state index contributed by atoms with van der Waals surface area (Å²) in [4.78, 5) is 41.0. The molecule has 1 aromatic rings. The average molecular weight is 402 g/mol. The van der Waals surface area contributed by atoms with Crippen LogP contribution < -0.4 is 5.32 Å². The van der Waals surface area contributed by atoms with E-state index in [1.165, 1.54) is 0 Å². The molecule has 6 heteroatoms. The Labute approximate surface area is 174 Å². The minimum atomic E-state index is -0.329. The first-order valence-corrected chi connectivity index (χ1v) is 10.9. The van der Waals surface area contributed by atoms with Crippen molar-refractivity contribution in [1.29, 1.82) is 0 Å². The maximum atomic E-state index is 12.8. The van der Waals surface area contributed by atoms with E-state index in [-0.39, 0.29) is 36.1 Å². The molecule has 0 bridgehead atoms. The second-order valence-corrected chi connectivity index (χ2v) is 8.11. The highest BCUT2D eigenvalue weighted by molar-refractivity contribution is 5.98. The number of unbranched alkanes of at least 4 members (excludes halogenated alkanes) is 2. The van der Waals surface area contributed by atoms with Gasteiger partial charge in [-0.25, -0.2) is 0 Å². The van der Waals surface area contributed by atoms with Crippen molar-refractivity contribution in [1.82, 2.24) is 9.80 Å². The fraction of sp³-hybridized carbons (Fsp3) is 0.609. The summed E-state index contributed by atoms with van der Waals surface area (Å²) in [6.45, 7) is 10.2. The van der Waals surface area contributed by atoms with Crippen molar-refractivity contribution in [3.8, 4) is 0 Å². The molecule has 1 atom stereocenters. The fourth-order valence-electron chi connectivity index (χ4n) is 3.54. The van der Waals surface area contributed by atoms with Crippen molar-refractivity contribution in [2.24, 2.45) is 5.92 Å². The van der Waals surface area contributed by atoms with Crippen LogP contribution in [0.1, 0.15) is 70.2 Å². The monoisotopic (exact) mass is 401 g/mol. The number of nitrogens with zero attached hydrogens (tertiary/aromatic N) is 2. The third kappa shape index (κ3) is 6.31. The third-order valence-corrected chi connectivity index (χ3v) is 5.40. The number of carbonyl (C=O) groups excluding carboxylic acids is 3. The molecule has 1 aromatic carbocycles. The second kappa shape index (κ2) is 11.0. The van der Waals surface area contributed by atoms with Gasteiger partial charge in [-0.3, -0.25) is 14.4 Å². The molecule has 0 saturated carbocycles. The van der Waals surface area contributed by atoms with Gasteiger partial charge in [0.15, 0.2) is 0 Å². The van der Waals surface area contributed by atoms with E-state index in [1.54, 1.807) is 29.2 Å². The highest BCUT2D eigenvalue weighted by Crippen LogP contribution is 2.22. The van der Waals surface area contributed by atoms with Gasteiger partial charge in [0.25, 0.3) is 5.91 Å². The van der Waals surface area contributed by atoms with Crippen LogP contribution in [0.3, 0.4) is 0 Å². The van der Waals surface area contributed by atoms with Gasteiger partial charge in [0.2, 0.25) is 11.8 Å². The highest BCUT2D eigenvalue weighted by Gasteiger charge is 2.35. The smallest absolute Gasteiger partial charge is 0.253 e. The lowest BCUT2D eigenvalue weighted by atomic mass is 10.1. The number of nitrogens with one attached hydrogen (secondary N) is 1. The van der Waals surface area contributed by atoms with Gasteiger partial charge in [0.05, 0.1) is 5.92 Å². The Morgan fingerprint density at radius 1 is 1.10 bits per heavy atom. The van der Waals surface area contributed by atoms with Crippen molar-refractivity contribution in [2.45, 2.75) is 65.8 Å². The summed E-state index contributed by atoms with van der Waals surface area (Å²) in [7, 11) is 0. The topological polar surface area (TPSA) is 69.7 Å². The van der Waals surface area contributed by atoms with E-state index in [4.69, 9.17) is 0 Å². The molecule has 0 aromatic heterocycles. The lowest BCUT2D eigenvalue weighted by molar-refractivity contribution is -0.129. The summed E-state index contributed by atoms with van der Waals surface area (Å²) in [5, 5.41) is 2.89. The number of anilines is 1. The molecule has 1 heterocycles. The van der Waals surface area contributed by atoms with Gasteiger partial charge in [-0.1, -0.05) is 26.7 Å². The van der Waals surface area contributed by atoms with Gasteiger partial charge < -0.3 is 15.1 Å². The Kier molecular flexibility index (Phi) is 8.68. The van der Waals surface area contributed by atoms with Crippen LogP contribution in [0.5, 0.6) is 0 Å². The van der Waals surface area contributed by atoms with Crippen LogP contribution in [-0.2, 0) is 9.59 Å². The van der Waals surface area contributed by atoms with Crippen molar-refractivity contribution in [3.05, 3.63) is 29.8 Å². The quantitative estimate of drug-likeness (QED) is 0.646. The zero-order valence-corrected chi connectivity index (χ0v) is 18.2. The van der Waals surface area contributed by atoms with E-state index in [9.17, 15) is 14.4 Å². The number of carbonyl (C=O) groups is 3.